The first-order valence-corrected chi connectivity index (χ1v) is 9.10. The highest BCUT2D eigenvalue weighted by Crippen LogP contribution is 2.30. The van der Waals surface area contributed by atoms with Crippen LogP contribution in [0.25, 0.3) is 0 Å². The molecule has 2 heterocycles. The number of piperazine rings is 1. The quantitative estimate of drug-likeness (QED) is 0.854. The normalized spacial score (nSPS) is 18.8. The Morgan fingerprint density at radius 2 is 2.13 bits per heavy atom. The number of thioether (sulfide) groups is 1. The number of pyridine rings is 1. The zero-order valence-corrected chi connectivity index (χ0v) is 14.5. The number of aromatic nitrogens is 1. The lowest BCUT2D eigenvalue weighted by Gasteiger charge is -2.36. The molecule has 2 aromatic rings. The van der Waals surface area contributed by atoms with Crippen LogP contribution in [0.5, 0.6) is 5.75 Å². The van der Waals surface area contributed by atoms with E-state index in [4.69, 9.17) is 4.74 Å². The molecule has 1 saturated heterocycles. The molecule has 0 radical (unpaired) electrons. The molecule has 1 aliphatic rings. The Kier molecular flexibility index (Phi) is 5.54. The summed E-state index contributed by atoms with van der Waals surface area (Å²) in [6, 6.07) is 11.1. The summed E-state index contributed by atoms with van der Waals surface area (Å²) in [5.41, 5.74) is 2.61. The molecule has 3 rings (SSSR count). The molecule has 1 unspecified atom stereocenters. The largest absolute Gasteiger partial charge is 0.496 e. The van der Waals surface area contributed by atoms with Crippen molar-refractivity contribution in [3.05, 3.63) is 53.9 Å². The average molecular weight is 329 g/mol. The van der Waals surface area contributed by atoms with Gasteiger partial charge in [-0.2, -0.15) is 0 Å². The molecule has 1 aromatic carbocycles. The lowest BCUT2D eigenvalue weighted by molar-refractivity contribution is 0.153. The zero-order valence-electron chi connectivity index (χ0n) is 13.7. The van der Waals surface area contributed by atoms with Crippen LogP contribution in [-0.4, -0.2) is 42.9 Å². The Hall–Kier alpha value is -1.56. The van der Waals surface area contributed by atoms with E-state index >= 15 is 0 Å². The first-order valence-electron chi connectivity index (χ1n) is 7.87. The molecule has 0 saturated carbocycles. The van der Waals surface area contributed by atoms with Crippen LogP contribution in [0.15, 0.2) is 47.6 Å². The number of rotatable bonds is 5. The summed E-state index contributed by atoms with van der Waals surface area (Å²) in [5, 5.41) is 3.50. The molecule has 0 aliphatic carbocycles. The van der Waals surface area contributed by atoms with Crippen LogP contribution in [0.2, 0.25) is 0 Å². The van der Waals surface area contributed by atoms with Gasteiger partial charge in [-0.1, -0.05) is 6.07 Å². The van der Waals surface area contributed by atoms with E-state index in [0.717, 1.165) is 31.9 Å². The van der Waals surface area contributed by atoms with Crippen molar-refractivity contribution < 1.29 is 4.74 Å². The molecule has 4 nitrogen and oxygen atoms in total. The van der Waals surface area contributed by atoms with Crippen LogP contribution in [0.4, 0.5) is 0 Å². The Morgan fingerprint density at radius 1 is 1.30 bits per heavy atom. The van der Waals surface area contributed by atoms with E-state index in [0.29, 0.717) is 6.04 Å². The zero-order chi connectivity index (χ0) is 16.1. The second kappa shape index (κ2) is 7.81. The first kappa shape index (κ1) is 16.3. The van der Waals surface area contributed by atoms with Gasteiger partial charge in [0.15, 0.2) is 0 Å². The average Bonchev–Trinajstić information content (AvgIpc) is 2.63. The second-order valence-electron chi connectivity index (χ2n) is 5.66. The molecular weight excluding hydrogens is 306 g/mol. The lowest BCUT2D eigenvalue weighted by atomic mass is 10.0. The summed E-state index contributed by atoms with van der Waals surface area (Å²) in [4.78, 5) is 7.84. The number of benzene rings is 1. The van der Waals surface area contributed by atoms with Gasteiger partial charge in [0, 0.05) is 49.5 Å². The smallest absolute Gasteiger partial charge is 0.132 e. The van der Waals surface area contributed by atoms with Crippen molar-refractivity contribution in [1.29, 1.82) is 0 Å². The fourth-order valence-electron chi connectivity index (χ4n) is 3.06. The Balaban J connectivity index is 1.79. The third-order valence-corrected chi connectivity index (χ3v) is 5.06. The van der Waals surface area contributed by atoms with Gasteiger partial charge in [-0.05, 0) is 41.6 Å². The van der Waals surface area contributed by atoms with E-state index in [-0.39, 0.29) is 0 Å². The molecular formula is C18H23N3OS. The van der Waals surface area contributed by atoms with Crippen molar-refractivity contribution in [3.8, 4) is 5.75 Å². The molecule has 122 valence electrons. The van der Waals surface area contributed by atoms with Crippen molar-refractivity contribution in [2.45, 2.75) is 17.5 Å². The van der Waals surface area contributed by atoms with Crippen LogP contribution in [-0.2, 0) is 6.54 Å². The highest BCUT2D eigenvalue weighted by atomic mass is 32.2. The fourth-order valence-corrected chi connectivity index (χ4v) is 3.61. The Labute approximate surface area is 142 Å². The first-order chi connectivity index (χ1) is 11.3. The second-order valence-corrected chi connectivity index (χ2v) is 6.51. The van der Waals surface area contributed by atoms with E-state index in [1.54, 1.807) is 18.9 Å². The minimum Gasteiger partial charge on any atom is -0.496 e. The summed E-state index contributed by atoms with van der Waals surface area (Å²) >= 11 is 1.72. The van der Waals surface area contributed by atoms with Crippen molar-refractivity contribution in [1.82, 2.24) is 15.2 Å². The summed E-state index contributed by atoms with van der Waals surface area (Å²) in [7, 11) is 1.74. The topological polar surface area (TPSA) is 37.4 Å². The predicted octanol–water partition coefficient (Wildman–Crippen LogP) is 2.96. The van der Waals surface area contributed by atoms with E-state index < -0.39 is 0 Å². The SMILES string of the molecule is COc1cc(CN2CCNCC2c2ccncc2)ccc1SC. The van der Waals surface area contributed by atoms with E-state index in [1.807, 2.05) is 12.4 Å². The molecule has 1 aromatic heterocycles. The minimum atomic E-state index is 0.387. The maximum atomic E-state index is 5.52. The number of methoxy groups -OCH3 is 1. The molecule has 1 atom stereocenters. The van der Waals surface area contributed by atoms with Gasteiger partial charge < -0.3 is 10.1 Å². The number of hydrogen-bond acceptors (Lipinski definition) is 5. The lowest BCUT2D eigenvalue weighted by Crippen LogP contribution is -2.45. The van der Waals surface area contributed by atoms with Crippen molar-refractivity contribution in [2.24, 2.45) is 0 Å². The monoisotopic (exact) mass is 329 g/mol. The molecule has 0 amide bonds. The maximum Gasteiger partial charge on any atom is 0.132 e. The third kappa shape index (κ3) is 3.86. The minimum absolute atomic E-state index is 0.387. The van der Waals surface area contributed by atoms with Crippen molar-refractivity contribution in [2.75, 3.05) is 33.0 Å². The van der Waals surface area contributed by atoms with Gasteiger partial charge >= 0.3 is 0 Å². The molecule has 1 N–H and O–H groups in total. The van der Waals surface area contributed by atoms with E-state index in [1.165, 1.54) is 16.0 Å². The van der Waals surface area contributed by atoms with Crippen molar-refractivity contribution >= 4 is 11.8 Å². The highest BCUT2D eigenvalue weighted by molar-refractivity contribution is 7.98. The molecule has 0 bridgehead atoms. The van der Waals surface area contributed by atoms with Gasteiger partial charge in [-0.25, -0.2) is 0 Å². The third-order valence-electron chi connectivity index (χ3n) is 4.28. The number of hydrogen-bond donors (Lipinski definition) is 1. The Morgan fingerprint density at radius 3 is 2.87 bits per heavy atom. The van der Waals surface area contributed by atoms with Gasteiger partial charge in [-0.3, -0.25) is 9.88 Å². The van der Waals surface area contributed by atoms with Gasteiger partial charge in [-0.15, -0.1) is 11.8 Å². The molecule has 23 heavy (non-hydrogen) atoms. The van der Waals surface area contributed by atoms with Gasteiger partial charge in [0.05, 0.1) is 7.11 Å². The van der Waals surface area contributed by atoms with Crippen LogP contribution in [0.3, 0.4) is 0 Å². The van der Waals surface area contributed by atoms with Crippen LogP contribution in [0.1, 0.15) is 17.2 Å². The molecule has 0 spiro atoms. The summed E-state index contributed by atoms with van der Waals surface area (Å²) < 4.78 is 5.52. The van der Waals surface area contributed by atoms with Gasteiger partial charge in [0.25, 0.3) is 0 Å². The van der Waals surface area contributed by atoms with Gasteiger partial charge in [0.1, 0.15) is 5.75 Å². The van der Waals surface area contributed by atoms with Crippen LogP contribution in [0, 0.1) is 0 Å². The number of nitrogens with zero attached hydrogens (tertiary/aromatic N) is 2. The predicted molar refractivity (Wildman–Crippen MR) is 95.0 cm³/mol. The maximum absolute atomic E-state index is 5.52. The van der Waals surface area contributed by atoms with E-state index in [9.17, 15) is 0 Å². The number of ether oxygens (including phenoxy) is 1. The van der Waals surface area contributed by atoms with E-state index in [2.05, 4.69) is 51.8 Å². The Bertz CT molecular complexity index is 635. The van der Waals surface area contributed by atoms with Crippen molar-refractivity contribution in [3.63, 3.8) is 0 Å². The standard InChI is InChI=1S/C18H23N3OS/c1-22-17-11-14(3-4-18(17)23-2)13-21-10-9-20-12-16(21)15-5-7-19-8-6-15/h3-8,11,16,20H,9-10,12-13H2,1-2H3. The number of nitrogens with one attached hydrogen (secondary N) is 1. The summed E-state index contributed by atoms with van der Waals surface area (Å²) in [6.45, 7) is 3.98. The van der Waals surface area contributed by atoms with Gasteiger partial charge in [0.2, 0.25) is 0 Å². The molecule has 1 fully saturated rings. The summed E-state index contributed by atoms with van der Waals surface area (Å²) in [6.07, 6.45) is 5.82. The fraction of sp³-hybridized carbons (Fsp3) is 0.389. The highest BCUT2D eigenvalue weighted by Gasteiger charge is 2.23. The van der Waals surface area contributed by atoms with Crippen LogP contribution < -0.4 is 10.1 Å². The van der Waals surface area contributed by atoms with Crippen LogP contribution >= 0.6 is 11.8 Å². The summed E-state index contributed by atoms with van der Waals surface area (Å²) in [5.74, 6) is 0.964. The molecule has 1 aliphatic heterocycles. The molecule has 5 heteroatoms.